The van der Waals surface area contributed by atoms with E-state index >= 15 is 0 Å². The molecule has 5 rings (SSSR count). The number of aromatic hydroxyl groups is 3. The Bertz CT molecular complexity index is 2030. The van der Waals surface area contributed by atoms with Crippen LogP contribution in [0.15, 0.2) is 41.4 Å². The smallest absolute Gasteiger partial charge is 0.307 e. The van der Waals surface area contributed by atoms with Crippen molar-refractivity contribution in [3.8, 4) is 23.0 Å². The summed E-state index contributed by atoms with van der Waals surface area (Å²) in [6.45, 7) is 12.3. The minimum absolute atomic E-state index is 0.0363. The number of nitrogens with zero attached hydrogens (tertiary/aromatic N) is 1. The number of allylic oxidation sites excluding steroid dienone is 2. The molecule has 8 N–H and O–H groups in total. The molecule has 3 aliphatic heterocycles. The Balaban J connectivity index is 2.01. The van der Waals surface area contributed by atoms with Gasteiger partial charge in [-0.25, -0.2) is 5.43 Å². The Labute approximate surface area is 311 Å². The number of hydrogen-bond donors (Lipinski definition) is 8. The molecule has 0 aliphatic carbocycles. The van der Waals surface area contributed by atoms with E-state index in [4.69, 9.17) is 18.9 Å². The summed E-state index contributed by atoms with van der Waals surface area (Å²) in [5.74, 6) is -8.51. The van der Waals surface area contributed by atoms with Gasteiger partial charge in [-0.3, -0.25) is 9.59 Å². The van der Waals surface area contributed by atoms with Crippen molar-refractivity contribution >= 4 is 40.3 Å². The molecule has 3 heterocycles. The molecule has 0 fully saturated rings. The predicted octanol–water partition coefficient (Wildman–Crippen LogP) is 3.25. The number of nitrogens with one attached hydrogen (secondary N) is 2. The number of anilines is 1. The van der Waals surface area contributed by atoms with Crippen LogP contribution in [-0.2, 0) is 23.8 Å². The quantitative estimate of drug-likeness (QED) is 0.0735. The SMILES string of the molecule is CO[C@H]1/C=C/O[C@@]2(C)Oc3c(C)c(O)c4c(O)c(/c(=C/NN=O)c(O)c4c3=C2O)NC(=O)/C(C)=C\C=C\[C@H](C)[C@H](O)[C@@H](C)[C@@H](O)[C@@H](C)[C@H](OC(C)=O)[C@@H]1C. The molecule has 0 aromatic heterocycles. The highest BCUT2D eigenvalue weighted by Crippen LogP contribution is 2.46. The number of rotatable bonds is 4. The van der Waals surface area contributed by atoms with E-state index in [0.717, 1.165) is 6.20 Å². The Morgan fingerprint density at radius 3 is 2.26 bits per heavy atom. The molecule has 0 spiro atoms. The van der Waals surface area contributed by atoms with Gasteiger partial charge in [0.15, 0.2) is 11.5 Å². The first-order valence-electron chi connectivity index (χ1n) is 17.3. The second kappa shape index (κ2) is 16.4. The summed E-state index contributed by atoms with van der Waals surface area (Å²) in [4.78, 5) is 36.7. The second-order valence-electron chi connectivity index (χ2n) is 14.0. The number of carbonyl (C=O) groups excluding carboxylic acids is 2. The van der Waals surface area contributed by atoms with E-state index < -0.39 is 94.4 Å². The number of ether oxygens (including phenoxy) is 4. The lowest BCUT2D eigenvalue weighted by Gasteiger charge is -2.38. The van der Waals surface area contributed by atoms with Gasteiger partial charge in [0.2, 0.25) is 0 Å². The fourth-order valence-corrected chi connectivity index (χ4v) is 6.99. The van der Waals surface area contributed by atoms with E-state index in [9.17, 15) is 45.1 Å². The molecule has 9 atom stereocenters. The van der Waals surface area contributed by atoms with Gasteiger partial charge in [-0.2, -0.15) is 0 Å². The number of hydrogen-bond acceptors (Lipinski definition) is 14. The first-order valence-corrected chi connectivity index (χ1v) is 17.3. The second-order valence-corrected chi connectivity index (χ2v) is 14.0. The van der Waals surface area contributed by atoms with E-state index in [1.165, 1.54) is 59.3 Å². The molecule has 3 aliphatic rings. The highest BCUT2D eigenvalue weighted by atomic mass is 16.7. The molecule has 5 bridgehead atoms. The molecular weight excluding hydrogens is 706 g/mol. The van der Waals surface area contributed by atoms with Gasteiger partial charge in [0.25, 0.3) is 5.91 Å². The summed E-state index contributed by atoms with van der Waals surface area (Å²) in [7, 11) is 1.42. The molecule has 16 nitrogen and oxygen atoms in total. The van der Waals surface area contributed by atoms with E-state index in [2.05, 4.69) is 10.6 Å². The zero-order valence-corrected chi connectivity index (χ0v) is 31.6. The van der Waals surface area contributed by atoms with Crippen molar-refractivity contribution in [1.29, 1.82) is 0 Å². The Morgan fingerprint density at radius 1 is 0.981 bits per heavy atom. The number of carbonyl (C=O) groups is 2. The maximum absolute atomic E-state index is 13.4. The number of phenols is 3. The minimum Gasteiger partial charge on any atom is -0.507 e. The van der Waals surface area contributed by atoms with Gasteiger partial charge in [0.1, 0.15) is 23.4 Å². The third-order valence-electron chi connectivity index (χ3n) is 10.3. The van der Waals surface area contributed by atoms with Crippen molar-refractivity contribution in [2.75, 3.05) is 12.4 Å². The molecule has 0 radical (unpaired) electrons. The summed E-state index contributed by atoms with van der Waals surface area (Å²) in [6.07, 6.45) is 4.26. The summed E-state index contributed by atoms with van der Waals surface area (Å²) in [6, 6.07) is 0. The third-order valence-corrected chi connectivity index (χ3v) is 10.3. The van der Waals surface area contributed by atoms with E-state index in [0.29, 0.717) is 0 Å². The predicted molar refractivity (Wildman–Crippen MR) is 198 cm³/mol. The molecule has 2 aromatic rings. The van der Waals surface area contributed by atoms with Crippen molar-refractivity contribution in [2.45, 2.75) is 85.6 Å². The summed E-state index contributed by atoms with van der Waals surface area (Å²) in [5, 5.41) is 72.8. The zero-order chi connectivity index (χ0) is 40.4. The average molecular weight is 756 g/mol. The van der Waals surface area contributed by atoms with E-state index in [-0.39, 0.29) is 38.1 Å². The van der Waals surface area contributed by atoms with Crippen molar-refractivity contribution in [3.63, 3.8) is 0 Å². The van der Waals surface area contributed by atoms with Crippen LogP contribution in [0.2, 0.25) is 0 Å². The molecule has 0 saturated heterocycles. The Kier molecular flexibility index (Phi) is 12.6. The van der Waals surface area contributed by atoms with Gasteiger partial charge in [-0.15, -0.1) is 4.91 Å². The van der Waals surface area contributed by atoms with Crippen molar-refractivity contribution < 1.29 is 59.2 Å². The number of aliphatic hydroxyl groups is 3. The Morgan fingerprint density at radius 2 is 1.65 bits per heavy atom. The van der Waals surface area contributed by atoms with Gasteiger partial charge in [0, 0.05) is 67.4 Å². The van der Waals surface area contributed by atoms with Crippen LogP contribution in [0.4, 0.5) is 5.69 Å². The number of fused-ring (bicyclic) bond motifs is 14. The van der Waals surface area contributed by atoms with Gasteiger partial charge in [-0.05, 0) is 19.9 Å². The van der Waals surface area contributed by atoms with Crippen molar-refractivity contribution in [1.82, 2.24) is 5.43 Å². The van der Waals surface area contributed by atoms with Crippen LogP contribution in [0, 0.1) is 35.5 Å². The van der Waals surface area contributed by atoms with Crippen LogP contribution in [0.3, 0.4) is 0 Å². The summed E-state index contributed by atoms with van der Waals surface area (Å²) >= 11 is 0. The number of nitroso groups, excluding NO2 is 1. The van der Waals surface area contributed by atoms with E-state index in [1.807, 2.05) is 5.43 Å². The fourth-order valence-electron chi connectivity index (χ4n) is 6.99. The highest BCUT2D eigenvalue weighted by molar-refractivity contribution is 6.10. The number of amides is 1. The third kappa shape index (κ3) is 7.67. The summed E-state index contributed by atoms with van der Waals surface area (Å²) in [5.41, 5.74) is 1.76. The number of benzene rings is 2. The lowest BCUT2D eigenvalue weighted by atomic mass is 9.78. The largest absolute Gasteiger partial charge is 0.507 e. The number of aliphatic hydroxyl groups excluding tert-OH is 3. The van der Waals surface area contributed by atoms with Crippen LogP contribution in [-0.4, -0.2) is 79.8 Å². The standard InChI is InChI=1S/C38H49N3O13/c1-16-11-10-12-17(2)37(49)40-28-23(15-39-41-50)32(46)25-26(33(28)47)31(45)21(6)35-27(25)36(48)38(8,54-35)52-14-13-24(51-9)18(3)34(53-22(7)42)20(5)30(44)19(4)29(16)43/h10-16,18-20,24,29-30,34,43-48H,1-9H3,(H,39,50)(H,40,49)/b11-10+,14-13+,17-12-,23-15-/t16-,18+,19+,20+,24-,29-,30+,34+,38-/m0/s1. The highest BCUT2D eigenvalue weighted by Gasteiger charge is 2.44. The maximum atomic E-state index is 13.4. The number of esters is 1. The first-order chi connectivity index (χ1) is 25.3. The zero-order valence-electron chi connectivity index (χ0n) is 31.6. The monoisotopic (exact) mass is 755 g/mol. The van der Waals surface area contributed by atoms with Crippen LogP contribution in [0.5, 0.6) is 23.0 Å². The molecule has 2 aromatic carbocycles. The van der Waals surface area contributed by atoms with Crippen LogP contribution < -0.4 is 25.9 Å². The molecule has 0 unspecified atom stereocenters. The van der Waals surface area contributed by atoms with Crippen LogP contribution >= 0.6 is 0 Å². The van der Waals surface area contributed by atoms with Gasteiger partial charge in [0.05, 0.1) is 51.4 Å². The normalized spacial score (nSPS) is 31.9. The molecule has 1 amide bonds. The maximum Gasteiger partial charge on any atom is 0.307 e. The lowest BCUT2D eigenvalue weighted by Crippen LogP contribution is -2.46. The van der Waals surface area contributed by atoms with Gasteiger partial charge in [-0.1, -0.05) is 45.9 Å². The number of phenolic OH excluding ortho intramolecular Hbond substituents is 3. The minimum atomic E-state index is -1.97. The van der Waals surface area contributed by atoms with Crippen molar-refractivity contribution in [3.05, 3.63) is 57.0 Å². The molecule has 294 valence electrons. The molecule has 0 saturated carbocycles. The summed E-state index contributed by atoms with van der Waals surface area (Å²) < 4.78 is 23.4. The average Bonchev–Trinajstić information content (AvgIpc) is 3.39. The lowest BCUT2D eigenvalue weighted by molar-refractivity contribution is -0.160. The first kappa shape index (κ1) is 41.4. The Hall–Kier alpha value is -5.32. The number of methoxy groups -OCH3 is 1. The van der Waals surface area contributed by atoms with E-state index in [1.54, 1.807) is 33.8 Å². The van der Waals surface area contributed by atoms with Crippen LogP contribution in [0.1, 0.15) is 54.0 Å². The molecule has 16 heteroatoms. The topological polar surface area (TPSA) is 246 Å². The van der Waals surface area contributed by atoms with Gasteiger partial charge < -0.3 is 54.9 Å². The van der Waals surface area contributed by atoms with Crippen molar-refractivity contribution in [2.24, 2.45) is 29.0 Å². The van der Waals surface area contributed by atoms with Crippen LogP contribution in [0.25, 0.3) is 22.7 Å². The van der Waals surface area contributed by atoms with Gasteiger partial charge >= 0.3 is 11.8 Å². The fraction of sp³-hybridized carbons (Fsp3) is 0.474. The molecular formula is C38H49N3O13. The molecule has 54 heavy (non-hydrogen) atoms.